The molecule has 158 valence electrons. The first-order valence-corrected chi connectivity index (χ1v) is 10.9. The molecule has 0 unspecified atom stereocenters. The SMILES string of the molecule is CS(=O)(=O)NC(=O)c1cc(C2CC2)c(COCC2(F)CCNCC2)cc1F.Cl. The highest BCUT2D eigenvalue weighted by Crippen LogP contribution is 2.42. The molecule has 1 aliphatic carbocycles. The molecule has 0 aromatic heterocycles. The third-order valence-corrected chi connectivity index (χ3v) is 5.44. The number of piperidine rings is 1. The van der Waals surface area contributed by atoms with Crippen LogP contribution < -0.4 is 10.0 Å². The van der Waals surface area contributed by atoms with Gasteiger partial charge in [0.05, 0.1) is 25.0 Å². The quantitative estimate of drug-likeness (QED) is 0.683. The van der Waals surface area contributed by atoms with Crippen molar-refractivity contribution in [2.45, 2.75) is 43.9 Å². The third kappa shape index (κ3) is 6.10. The molecule has 2 fully saturated rings. The van der Waals surface area contributed by atoms with Crippen LogP contribution in [0.4, 0.5) is 8.78 Å². The Kier molecular flexibility index (Phi) is 7.41. The summed E-state index contributed by atoms with van der Waals surface area (Å²) in [7, 11) is -3.79. The van der Waals surface area contributed by atoms with Gasteiger partial charge < -0.3 is 10.1 Å². The number of nitrogens with one attached hydrogen (secondary N) is 2. The second-order valence-electron chi connectivity index (χ2n) is 7.40. The van der Waals surface area contributed by atoms with Crippen LogP contribution in [-0.2, 0) is 21.4 Å². The molecule has 6 nitrogen and oxygen atoms in total. The summed E-state index contributed by atoms with van der Waals surface area (Å²) < 4.78 is 58.8. The van der Waals surface area contributed by atoms with Gasteiger partial charge in [-0.3, -0.25) is 4.79 Å². The van der Waals surface area contributed by atoms with Gasteiger partial charge in [-0.1, -0.05) is 0 Å². The van der Waals surface area contributed by atoms with E-state index in [1.54, 1.807) is 4.72 Å². The lowest BCUT2D eigenvalue weighted by molar-refractivity contribution is -0.0109. The fourth-order valence-electron chi connectivity index (χ4n) is 3.29. The monoisotopic (exact) mass is 438 g/mol. The normalized spacial score (nSPS) is 19.0. The van der Waals surface area contributed by atoms with Crippen LogP contribution in [0, 0.1) is 5.82 Å². The topological polar surface area (TPSA) is 84.5 Å². The van der Waals surface area contributed by atoms with E-state index >= 15 is 0 Å². The Bertz CT molecular complexity index is 825. The summed E-state index contributed by atoms with van der Waals surface area (Å²) in [5.74, 6) is -1.63. The zero-order valence-corrected chi connectivity index (χ0v) is 17.2. The number of amides is 1. The lowest BCUT2D eigenvalue weighted by Crippen LogP contribution is -2.41. The van der Waals surface area contributed by atoms with Gasteiger partial charge in [-0.2, -0.15) is 0 Å². The van der Waals surface area contributed by atoms with E-state index in [4.69, 9.17) is 4.74 Å². The van der Waals surface area contributed by atoms with Crippen LogP contribution in [0.1, 0.15) is 53.1 Å². The molecule has 1 aromatic carbocycles. The summed E-state index contributed by atoms with van der Waals surface area (Å²) in [4.78, 5) is 12.0. The number of halogens is 3. The minimum atomic E-state index is -3.79. The summed E-state index contributed by atoms with van der Waals surface area (Å²) in [6.07, 6.45) is 3.40. The van der Waals surface area contributed by atoms with Gasteiger partial charge in [0.15, 0.2) is 0 Å². The van der Waals surface area contributed by atoms with Gasteiger partial charge >= 0.3 is 0 Å². The number of carbonyl (C=O) groups excluding carboxylic acids is 1. The number of carbonyl (C=O) groups is 1. The summed E-state index contributed by atoms with van der Waals surface area (Å²) >= 11 is 0. The number of rotatable bonds is 7. The van der Waals surface area contributed by atoms with Gasteiger partial charge in [-0.05, 0) is 68.0 Å². The summed E-state index contributed by atoms with van der Waals surface area (Å²) in [6, 6.07) is 2.58. The molecule has 1 amide bonds. The number of benzene rings is 1. The molecule has 1 aromatic rings. The van der Waals surface area contributed by atoms with E-state index in [9.17, 15) is 22.0 Å². The molecule has 0 atom stereocenters. The van der Waals surface area contributed by atoms with Crippen molar-refractivity contribution in [3.63, 3.8) is 0 Å². The van der Waals surface area contributed by atoms with Crippen molar-refractivity contribution in [3.05, 3.63) is 34.6 Å². The van der Waals surface area contributed by atoms with Crippen LogP contribution in [0.3, 0.4) is 0 Å². The van der Waals surface area contributed by atoms with Crippen LogP contribution in [0.25, 0.3) is 0 Å². The molecule has 1 saturated heterocycles. The van der Waals surface area contributed by atoms with Crippen LogP contribution in [0.15, 0.2) is 12.1 Å². The Labute approximate surface area is 169 Å². The van der Waals surface area contributed by atoms with Gasteiger partial charge in [0, 0.05) is 0 Å². The van der Waals surface area contributed by atoms with Gasteiger partial charge in [0.1, 0.15) is 11.5 Å². The molecule has 1 aliphatic heterocycles. The van der Waals surface area contributed by atoms with E-state index in [2.05, 4.69) is 5.32 Å². The van der Waals surface area contributed by atoms with E-state index in [0.29, 0.717) is 31.5 Å². The van der Waals surface area contributed by atoms with Crippen LogP contribution >= 0.6 is 12.4 Å². The Morgan fingerprint density at radius 2 is 1.96 bits per heavy atom. The standard InChI is InChI=1S/C18H24F2N2O4S.ClH/c1-27(24,25)22-17(23)15-9-14(12-2-3-12)13(8-16(15)19)10-26-11-18(20)4-6-21-7-5-18;/h8-9,12,21H,2-7,10-11H2,1H3,(H,22,23);1H. The Balaban J connectivity index is 0.00000280. The van der Waals surface area contributed by atoms with Crippen molar-refractivity contribution >= 4 is 28.3 Å². The molecule has 28 heavy (non-hydrogen) atoms. The third-order valence-electron chi connectivity index (χ3n) is 4.89. The van der Waals surface area contributed by atoms with E-state index in [1.807, 2.05) is 0 Å². The number of ether oxygens (including phenoxy) is 1. The van der Waals surface area contributed by atoms with E-state index in [1.165, 1.54) is 12.1 Å². The van der Waals surface area contributed by atoms with E-state index in [0.717, 1.165) is 24.7 Å². The largest absolute Gasteiger partial charge is 0.373 e. The first kappa shape index (κ1) is 23.0. The second-order valence-corrected chi connectivity index (χ2v) is 9.15. The van der Waals surface area contributed by atoms with Crippen molar-refractivity contribution in [1.29, 1.82) is 0 Å². The molecule has 0 spiro atoms. The van der Waals surface area contributed by atoms with Crippen molar-refractivity contribution in [1.82, 2.24) is 10.0 Å². The average molecular weight is 439 g/mol. The van der Waals surface area contributed by atoms with Crippen LogP contribution in [0.2, 0.25) is 0 Å². The number of hydrogen-bond donors (Lipinski definition) is 2. The van der Waals surface area contributed by atoms with Crippen molar-refractivity contribution < 1.29 is 26.7 Å². The number of alkyl halides is 1. The van der Waals surface area contributed by atoms with Crippen molar-refractivity contribution in [2.75, 3.05) is 26.0 Å². The fraction of sp³-hybridized carbons (Fsp3) is 0.611. The van der Waals surface area contributed by atoms with Gasteiger partial charge in [-0.25, -0.2) is 21.9 Å². The highest BCUT2D eigenvalue weighted by atomic mass is 35.5. The highest BCUT2D eigenvalue weighted by molar-refractivity contribution is 7.89. The molecule has 0 radical (unpaired) electrons. The average Bonchev–Trinajstić information content (AvgIpc) is 3.38. The second kappa shape index (κ2) is 9.02. The lowest BCUT2D eigenvalue weighted by atomic mass is 9.95. The summed E-state index contributed by atoms with van der Waals surface area (Å²) in [5, 5.41) is 3.09. The Morgan fingerprint density at radius 1 is 1.32 bits per heavy atom. The lowest BCUT2D eigenvalue weighted by Gasteiger charge is -2.29. The summed E-state index contributed by atoms with van der Waals surface area (Å²) in [5.41, 5.74) is -0.359. The number of hydrogen-bond acceptors (Lipinski definition) is 5. The predicted octanol–water partition coefficient (Wildman–Crippen LogP) is 2.42. The van der Waals surface area contributed by atoms with E-state index < -0.39 is 27.4 Å². The molecule has 2 aliphatic rings. The summed E-state index contributed by atoms with van der Waals surface area (Å²) in [6.45, 7) is 1.20. The maximum Gasteiger partial charge on any atom is 0.267 e. The molecule has 1 saturated carbocycles. The maximum atomic E-state index is 14.6. The molecular weight excluding hydrogens is 414 g/mol. The number of sulfonamides is 1. The fourth-order valence-corrected chi connectivity index (χ4v) is 3.74. The minimum absolute atomic E-state index is 0. The van der Waals surface area contributed by atoms with Crippen molar-refractivity contribution in [2.24, 2.45) is 0 Å². The Morgan fingerprint density at radius 3 is 2.54 bits per heavy atom. The van der Waals surface area contributed by atoms with Gasteiger partial charge in [0.2, 0.25) is 10.0 Å². The first-order chi connectivity index (χ1) is 12.7. The van der Waals surface area contributed by atoms with Gasteiger partial charge in [-0.15, -0.1) is 12.4 Å². The van der Waals surface area contributed by atoms with E-state index in [-0.39, 0.29) is 37.1 Å². The predicted molar refractivity (Wildman–Crippen MR) is 104 cm³/mol. The molecule has 1 heterocycles. The van der Waals surface area contributed by atoms with Crippen molar-refractivity contribution in [3.8, 4) is 0 Å². The first-order valence-electron chi connectivity index (χ1n) is 8.99. The van der Waals surface area contributed by atoms with Gasteiger partial charge in [0.25, 0.3) is 5.91 Å². The van der Waals surface area contributed by atoms with Crippen LogP contribution in [0.5, 0.6) is 0 Å². The minimum Gasteiger partial charge on any atom is -0.373 e. The molecule has 3 rings (SSSR count). The Hall–Kier alpha value is -1.29. The molecule has 2 N–H and O–H groups in total. The molecule has 0 bridgehead atoms. The maximum absolute atomic E-state index is 14.6. The van der Waals surface area contributed by atoms with Crippen LogP contribution in [-0.4, -0.2) is 45.9 Å². The zero-order chi connectivity index (χ0) is 19.7. The molecular formula is C18H25ClF2N2O4S. The smallest absolute Gasteiger partial charge is 0.267 e. The molecule has 10 heteroatoms. The zero-order valence-electron chi connectivity index (χ0n) is 15.6. The highest BCUT2D eigenvalue weighted by Gasteiger charge is 2.33.